The van der Waals surface area contributed by atoms with E-state index in [9.17, 15) is 0 Å². The first-order valence-corrected chi connectivity index (χ1v) is 11.7. The molecule has 1 aromatic rings. The number of piperidine rings is 2. The molecule has 0 aliphatic carbocycles. The molecule has 27 heavy (non-hydrogen) atoms. The highest BCUT2D eigenvalue weighted by Gasteiger charge is 2.35. The lowest BCUT2D eigenvalue weighted by molar-refractivity contribution is 0.150. The molecule has 3 heterocycles. The van der Waals surface area contributed by atoms with Crippen LogP contribution >= 0.6 is 0 Å². The molecule has 150 valence electrons. The third kappa shape index (κ3) is 5.26. The highest BCUT2D eigenvalue weighted by Crippen LogP contribution is 2.40. The van der Waals surface area contributed by atoms with Crippen molar-refractivity contribution >= 4 is 5.69 Å². The molecule has 0 saturated carbocycles. The van der Waals surface area contributed by atoms with E-state index in [0.29, 0.717) is 6.04 Å². The van der Waals surface area contributed by atoms with Crippen molar-refractivity contribution in [2.45, 2.75) is 82.7 Å². The Hall–Kier alpha value is -1.06. The van der Waals surface area contributed by atoms with E-state index in [2.05, 4.69) is 39.4 Å². The first-order valence-electron chi connectivity index (χ1n) is 11.7. The molecular formula is C24H39N3. The number of nitrogens with zero attached hydrogens (tertiary/aromatic N) is 2. The van der Waals surface area contributed by atoms with Crippen molar-refractivity contribution < 1.29 is 0 Å². The number of unbranched alkanes of at least 4 members (excludes halogenated alkanes) is 2. The summed E-state index contributed by atoms with van der Waals surface area (Å²) in [6.45, 7) is 6.41. The molecule has 3 heteroatoms. The van der Waals surface area contributed by atoms with Crippen LogP contribution in [0.2, 0.25) is 0 Å². The van der Waals surface area contributed by atoms with Gasteiger partial charge in [0, 0.05) is 24.3 Å². The fourth-order valence-electron chi connectivity index (χ4n) is 5.49. The van der Waals surface area contributed by atoms with E-state index in [4.69, 9.17) is 0 Å². The van der Waals surface area contributed by atoms with Crippen molar-refractivity contribution in [3.8, 4) is 0 Å². The second-order valence-corrected chi connectivity index (χ2v) is 8.99. The number of hydrogen-bond donors (Lipinski definition) is 1. The molecule has 3 aliphatic rings. The van der Waals surface area contributed by atoms with Crippen molar-refractivity contribution in [2.75, 3.05) is 38.0 Å². The van der Waals surface area contributed by atoms with Gasteiger partial charge in [-0.05, 0) is 95.2 Å². The molecule has 2 atom stereocenters. The molecule has 1 aromatic carbocycles. The number of rotatable bonds is 8. The van der Waals surface area contributed by atoms with E-state index < -0.39 is 0 Å². The summed E-state index contributed by atoms with van der Waals surface area (Å²) in [5, 5.41) is 3.63. The van der Waals surface area contributed by atoms with Gasteiger partial charge in [-0.15, -0.1) is 0 Å². The molecule has 0 unspecified atom stereocenters. The SMILES string of the molecule is c1cc([C@H]2CC[C@H]3CCCCN32)ccc1NCCCCCN1CCCCC1. The lowest BCUT2D eigenvalue weighted by Gasteiger charge is -2.34. The van der Waals surface area contributed by atoms with E-state index in [0.717, 1.165) is 12.6 Å². The van der Waals surface area contributed by atoms with Crippen LogP contribution in [0.4, 0.5) is 5.69 Å². The number of likely N-dealkylation sites (tertiary alicyclic amines) is 1. The van der Waals surface area contributed by atoms with Gasteiger partial charge in [0.15, 0.2) is 0 Å². The van der Waals surface area contributed by atoms with E-state index >= 15 is 0 Å². The monoisotopic (exact) mass is 369 g/mol. The van der Waals surface area contributed by atoms with Crippen LogP contribution in [0.1, 0.15) is 82.2 Å². The van der Waals surface area contributed by atoms with Crippen LogP contribution in [-0.4, -0.2) is 48.6 Å². The van der Waals surface area contributed by atoms with Gasteiger partial charge in [0.2, 0.25) is 0 Å². The highest BCUT2D eigenvalue weighted by atomic mass is 15.2. The summed E-state index contributed by atoms with van der Waals surface area (Å²) in [4.78, 5) is 5.44. The third-order valence-electron chi connectivity index (χ3n) is 7.07. The molecule has 3 aliphatic heterocycles. The molecule has 4 rings (SSSR count). The van der Waals surface area contributed by atoms with Gasteiger partial charge in [-0.2, -0.15) is 0 Å². The largest absolute Gasteiger partial charge is 0.385 e. The number of benzene rings is 1. The average Bonchev–Trinajstić information content (AvgIpc) is 3.16. The highest BCUT2D eigenvalue weighted by molar-refractivity contribution is 5.45. The number of fused-ring (bicyclic) bond motifs is 1. The van der Waals surface area contributed by atoms with Crippen molar-refractivity contribution in [1.82, 2.24) is 9.80 Å². The Balaban J connectivity index is 1.14. The Kier molecular flexibility index (Phi) is 7.09. The maximum atomic E-state index is 3.63. The summed E-state index contributed by atoms with van der Waals surface area (Å²) in [5.74, 6) is 0. The van der Waals surface area contributed by atoms with Gasteiger partial charge < -0.3 is 10.2 Å². The van der Waals surface area contributed by atoms with Crippen LogP contribution in [0.25, 0.3) is 0 Å². The first-order chi connectivity index (χ1) is 13.4. The fraction of sp³-hybridized carbons (Fsp3) is 0.750. The van der Waals surface area contributed by atoms with Crippen molar-refractivity contribution in [3.05, 3.63) is 29.8 Å². The molecular weight excluding hydrogens is 330 g/mol. The fourth-order valence-corrected chi connectivity index (χ4v) is 5.49. The van der Waals surface area contributed by atoms with Gasteiger partial charge in [-0.25, -0.2) is 0 Å². The van der Waals surface area contributed by atoms with Crippen molar-refractivity contribution in [1.29, 1.82) is 0 Å². The standard InChI is InChI=1S/C24H39N3/c1(5-17-26-18-6-2-7-19-26)4-16-25-22-12-10-21(11-13-22)24-15-14-23-9-3-8-20-27(23)24/h10-13,23-25H,1-9,14-20H2/t23-,24-/m1/s1. The van der Waals surface area contributed by atoms with Gasteiger partial charge in [0.05, 0.1) is 0 Å². The zero-order valence-corrected chi connectivity index (χ0v) is 17.2. The maximum Gasteiger partial charge on any atom is 0.0351 e. The molecule has 3 nitrogen and oxygen atoms in total. The second-order valence-electron chi connectivity index (χ2n) is 8.99. The Morgan fingerprint density at radius 1 is 0.778 bits per heavy atom. The van der Waals surface area contributed by atoms with Gasteiger partial charge in [0.25, 0.3) is 0 Å². The predicted molar refractivity (Wildman–Crippen MR) is 115 cm³/mol. The quantitative estimate of drug-likeness (QED) is 0.615. The van der Waals surface area contributed by atoms with Crippen LogP contribution in [0.15, 0.2) is 24.3 Å². The van der Waals surface area contributed by atoms with E-state index in [1.165, 1.54) is 108 Å². The summed E-state index contributed by atoms with van der Waals surface area (Å²) in [6.07, 6.45) is 15.3. The number of hydrogen-bond acceptors (Lipinski definition) is 3. The first kappa shape index (κ1) is 19.3. The average molecular weight is 370 g/mol. The van der Waals surface area contributed by atoms with Crippen LogP contribution in [0.3, 0.4) is 0 Å². The van der Waals surface area contributed by atoms with Gasteiger partial charge in [-0.1, -0.05) is 31.4 Å². The topological polar surface area (TPSA) is 18.5 Å². The minimum atomic E-state index is 0.680. The summed E-state index contributed by atoms with van der Waals surface area (Å²) >= 11 is 0. The van der Waals surface area contributed by atoms with E-state index in [1.807, 2.05) is 0 Å². The normalized spacial score (nSPS) is 26.8. The summed E-state index contributed by atoms with van der Waals surface area (Å²) in [7, 11) is 0. The minimum Gasteiger partial charge on any atom is -0.385 e. The summed E-state index contributed by atoms with van der Waals surface area (Å²) < 4.78 is 0. The summed E-state index contributed by atoms with van der Waals surface area (Å²) in [5.41, 5.74) is 2.83. The second kappa shape index (κ2) is 9.93. The maximum absolute atomic E-state index is 3.63. The van der Waals surface area contributed by atoms with Gasteiger partial charge >= 0.3 is 0 Å². The molecule has 0 spiro atoms. The molecule has 0 bridgehead atoms. The molecule has 0 amide bonds. The smallest absolute Gasteiger partial charge is 0.0351 e. The Labute approximate surface area is 166 Å². The van der Waals surface area contributed by atoms with Crippen molar-refractivity contribution in [2.24, 2.45) is 0 Å². The zero-order valence-electron chi connectivity index (χ0n) is 17.2. The van der Waals surface area contributed by atoms with Crippen LogP contribution in [-0.2, 0) is 0 Å². The molecule has 0 radical (unpaired) electrons. The minimum absolute atomic E-state index is 0.680. The van der Waals surface area contributed by atoms with Crippen LogP contribution in [0.5, 0.6) is 0 Å². The Morgan fingerprint density at radius 3 is 2.44 bits per heavy atom. The van der Waals surface area contributed by atoms with Crippen molar-refractivity contribution in [3.63, 3.8) is 0 Å². The number of nitrogens with one attached hydrogen (secondary N) is 1. The molecule has 1 N–H and O–H groups in total. The Bertz CT molecular complexity index is 549. The molecule has 0 aromatic heterocycles. The van der Waals surface area contributed by atoms with Crippen LogP contribution in [0, 0.1) is 0 Å². The van der Waals surface area contributed by atoms with Gasteiger partial charge in [-0.3, -0.25) is 4.90 Å². The molecule has 3 fully saturated rings. The van der Waals surface area contributed by atoms with E-state index in [-0.39, 0.29) is 0 Å². The predicted octanol–water partition coefficient (Wildman–Crippen LogP) is 5.44. The van der Waals surface area contributed by atoms with Crippen LogP contribution < -0.4 is 5.32 Å². The lowest BCUT2D eigenvalue weighted by Crippen LogP contribution is -2.35. The summed E-state index contributed by atoms with van der Waals surface area (Å²) in [6, 6.07) is 10.9. The lowest BCUT2D eigenvalue weighted by atomic mass is 10.0. The molecule has 3 saturated heterocycles. The Morgan fingerprint density at radius 2 is 1.59 bits per heavy atom. The number of anilines is 1. The van der Waals surface area contributed by atoms with Gasteiger partial charge in [0.1, 0.15) is 0 Å². The third-order valence-corrected chi connectivity index (χ3v) is 7.07. The zero-order chi connectivity index (χ0) is 18.3. The van der Waals surface area contributed by atoms with E-state index in [1.54, 1.807) is 0 Å².